The Balaban J connectivity index is 1.53. The van der Waals surface area contributed by atoms with Crippen molar-refractivity contribution in [1.29, 1.82) is 0 Å². The Morgan fingerprint density at radius 1 is 1.19 bits per heavy atom. The molecule has 138 valence electrons. The highest BCUT2D eigenvalue weighted by molar-refractivity contribution is 7.89. The zero-order chi connectivity index (χ0) is 18.6. The van der Waals surface area contributed by atoms with Gasteiger partial charge < -0.3 is 5.32 Å². The van der Waals surface area contributed by atoms with Crippen LogP contribution in [0.25, 0.3) is 0 Å². The minimum Gasteiger partial charge on any atom is -0.352 e. The number of nitrogens with one attached hydrogen (secondary N) is 1. The fourth-order valence-corrected chi connectivity index (χ4v) is 4.64. The smallest absolute Gasteiger partial charge is 0.252 e. The number of benzene rings is 1. The van der Waals surface area contributed by atoms with Crippen molar-refractivity contribution >= 4 is 27.5 Å². The van der Waals surface area contributed by atoms with Crippen LogP contribution in [0.15, 0.2) is 53.7 Å². The van der Waals surface area contributed by atoms with Crippen LogP contribution in [0.2, 0.25) is 5.02 Å². The van der Waals surface area contributed by atoms with E-state index < -0.39 is 10.0 Å². The molecule has 8 heteroatoms. The molecule has 0 aliphatic carbocycles. The molecule has 3 rings (SSSR count). The monoisotopic (exact) mass is 393 g/mol. The van der Waals surface area contributed by atoms with Crippen LogP contribution in [0, 0.1) is 5.92 Å². The standard InChI is InChI=1S/C18H20ClN3O3S/c19-17-6-2-1-5-16(17)18(23)21-12-14-7-10-22(11-8-14)26(24,25)15-4-3-9-20-13-15/h1-6,9,13-14H,7-8,10-12H2,(H,21,23). The first-order valence-electron chi connectivity index (χ1n) is 8.41. The number of rotatable bonds is 5. The van der Waals surface area contributed by atoms with E-state index in [1.165, 1.54) is 10.5 Å². The largest absolute Gasteiger partial charge is 0.352 e. The number of carbonyl (C=O) groups is 1. The lowest BCUT2D eigenvalue weighted by molar-refractivity contribution is 0.0941. The average molecular weight is 394 g/mol. The van der Waals surface area contributed by atoms with Gasteiger partial charge in [-0.25, -0.2) is 8.42 Å². The Bertz CT molecular complexity index is 866. The van der Waals surface area contributed by atoms with Gasteiger partial charge in [0.1, 0.15) is 4.90 Å². The summed E-state index contributed by atoms with van der Waals surface area (Å²) in [5.74, 6) is 0.0304. The maximum absolute atomic E-state index is 12.6. The van der Waals surface area contributed by atoms with Gasteiger partial charge in [-0.05, 0) is 43.0 Å². The summed E-state index contributed by atoms with van der Waals surface area (Å²) in [6, 6.07) is 10.1. The molecular formula is C18H20ClN3O3S. The molecule has 6 nitrogen and oxygen atoms in total. The SMILES string of the molecule is O=C(NCC1CCN(S(=O)(=O)c2cccnc2)CC1)c1ccccc1Cl. The molecule has 1 aliphatic heterocycles. The molecular weight excluding hydrogens is 374 g/mol. The van der Waals surface area contributed by atoms with Gasteiger partial charge in [-0.3, -0.25) is 9.78 Å². The van der Waals surface area contributed by atoms with Crippen LogP contribution in [-0.2, 0) is 10.0 Å². The molecule has 1 aromatic carbocycles. The fourth-order valence-electron chi connectivity index (χ4n) is 2.98. The summed E-state index contributed by atoms with van der Waals surface area (Å²) >= 11 is 6.03. The molecule has 0 bridgehead atoms. The number of halogens is 1. The quantitative estimate of drug-likeness (QED) is 0.846. The van der Waals surface area contributed by atoms with E-state index in [9.17, 15) is 13.2 Å². The number of carbonyl (C=O) groups excluding carboxylic acids is 1. The zero-order valence-corrected chi connectivity index (χ0v) is 15.7. The first-order valence-corrected chi connectivity index (χ1v) is 10.2. The van der Waals surface area contributed by atoms with Gasteiger partial charge in [0.2, 0.25) is 10.0 Å². The molecule has 26 heavy (non-hydrogen) atoms. The van der Waals surface area contributed by atoms with Crippen LogP contribution in [0.5, 0.6) is 0 Å². The second-order valence-corrected chi connectivity index (χ2v) is 8.57. The van der Waals surface area contributed by atoms with E-state index >= 15 is 0 Å². The van der Waals surface area contributed by atoms with Crippen molar-refractivity contribution in [2.75, 3.05) is 19.6 Å². The predicted molar refractivity (Wildman–Crippen MR) is 99.5 cm³/mol. The molecule has 0 atom stereocenters. The summed E-state index contributed by atoms with van der Waals surface area (Å²) in [7, 11) is -3.50. The van der Waals surface area contributed by atoms with Gasteiger partial charge in [0, 0.05) is 32.0 Å². The summed E-state index contributed by atoms with van der Waals surface area (Å²) < 4.78 is 26.7. The van der Waals surface area contributed by atoms with Crippen molar-refractivity contribution in [3.63, 3.8) is 0 Å². The molecule has 0 spiro atoms. The molecule has 1 fully saturated rings. The Labute approximate surface area is 158 Å². The molecule has 0 saturated carbocycles. The summed E-state index contributed by atoms with van der Waals surface area (Å²) in [5.41, 5.74) is 0.450. The van der Waals surface area contributed by atoms with Crippen molar-refractivity contribution in [1.82, 2.24) is 14.6 Å². The number of hydrogen-bond acceptors (Lipinski definition) is 4. The summed E-state index contributed by atoms with van der Waals surface area (Å²) in [5, 5.41) is 3.31. The van der Waals surface area contributed by atoms with E-state index in [1.54, 1.807) is 42.6 Å². The van der Waals surface area contributed by atoms with Gasteiger partial charge >= 0.3 is 0 Å². The summed E-state index contributed by atoms with van der Waals surface area (Å²) in [6.07, 6.45) is 4.31. The first-order chi connectivity index (χ1) is 12.5. The van der Waals surface area contributed by atoms with Crippen LogP contribution in [0.1, 0.15) is 23.2 Å². The highest BCUT2D eigenvalue weighted by atomic mass is 35.5. The molecule has 1 saturated heterocycles. The normalized spacial score (nSPS) is 16.3. The van der Waals surface area contributed by atoms with Gasteiger partial charge in [0.25, 0.3) is 5.91 Å². The molecule has 1 N–H and O–H groups in total. The Morgan fingerprint density at radius 3 is 2.58 bits per heavy atom. The van der Waals surface area contributed by atoms with Gasteiger partial charge in [-0.2, -0.15) is 4.31 Å². The molecule has 1 amide bonds. The maximum Gasteiger partial charge on any atom is 0.252 e. The van der Waals surface area contributed by atoms with Gasteiger partial charge in [-0.15, -0.1) is 0 Å². The van der Waals surface area contributed by atoms with Gasteiger partial charge in [-0.1, -0.05) is 23.7 Å². The minimum absolute atomic E-state index is 0.207. The molecule has 1 aliphatic rings. The third kappa shape index (κ3) is 4.23. The van der Waals surface area contributed by atoms with Crippen molar-refractivity contribution in [3.8, 4) is 0 Å². The van der Waals surface area contributed by atoms with Crippen molar-refractivity contribution in [2.24, 2.45) is 5.92 Å². The lowest BCUT2D eigenvalue weighted by Gasteiger charge is -2.31. The van der Waals surface area contributed by atoms with Crippen LogP contribution < -0.4 is 5.32 Å². The molecule has 2 heterocycles. The van der Waals surface area contributed by atoms with Crippen LogP contribution >= 0.6 is 11.6 Å². The number of amides is 1. The Morgan fingerprint density at radius 2 is 1.92 bits per heavy atom. The van der Waals surface area contributed by atoms with Crippen LogP contribution in [0.4, 0.5) is 0 Å². The fraction of sp³-hybridized carbons (Fsp3) is 0.333. The average Bonchev–Trinajstić information content (AvgIpc) is 2.67. The van der Waals surface area contributed by atoms with E-state index in [-0.39, 0.29) is 16.7 Å². The van der Waals surface area contributed by atoms with Crippen LogP contribution in [-0.4, -0.2) is 43.2 Å². The number of piperidine rings is 1. The Kier molecular flexibility index (Phi) is 5.90. The highest BCUT2D eigenvalue weighted by Crippen LogP contribution is 2.23. The van der Waals surface area contributed by atoms with E-state index in [0.717, 1.165) is 0 Å². The van der Waals surface area contributed by atoms with Crippen molar-refractivity contribution < 1.29 is 13.2 Å². The van der Waals surface area contributed by atoms with E-state index in [0.29, 0.717) is 43.1 Å². The molecule has 0 unspecified atom stereocenters. The van der Waals surface area contributed by atoms with Crippen molar-refractivity contribution in [2.45, 2.75) is 17.7 Å². The topological polar surface area (TPSA) is 79.4 Å². The third-order valence-corrected chi connectivity index (χ3v) is 6.73. The summed E-state index contributed by atoms with van der Waals surface area (Å²) in [4.78, 5) is 16.3. The second kappa shape index (κ2) is 8.16. The molecule has 2 aromatic rings. The minimum atomic E-state index is -3.50. The van der Waals surface area contributed by atoms with Crippen molar-refractivity contribution in [3.05, 3.63) is 59.4 Å². The van der Waals surface area contributed by atoms with E-state index in [4.69, 9.17) is 11.6 Å². The van der Waals surface area contributed by atoms with E-state index in [2.05, 4.69) is 10.3 Å². The third-order valence-electron chi connectivity index (χ3n) is 4.52. The highest BCUT2D eigenvalue weighted by Gasteiger charge is 2.29. The van der Waals surface area contributed by atoms with Crippen LogP contribution in [0.3, 0.4) is 0 Å². The van der Waals surface area contributed by atoms with Gasteiger partial charge in [0.15, 0.2) is 0 Å². The maximum atomic E-state index is 12.6. The first kappa shape index (κ1) is 18.8. The lowest BCUT2D eigenvalue weighted by Crippen LogP contribution is -2.41. The number of nitrogens with zero attached hydrogens (tertiary/aromatic N) is 2. The number of pyridine rings is 1. The number of aromatic nitrogens is 1. The lowest BCUT2D eigenvalue weighted by atomic mass is 9.98. The van der Waals surface area contributed by atoms with Gasteiger partial charge in [0.05, 0.1) is 10.6 Å². The number of hydrogen-bond donors (Lipinski definition) is 1. The summed E-state index contributed by atoms with van der Waals surface area (Å²) in [6.45, 7) is 1.37. The zero-order valence-electron chi connectivity index (χ0n) is 14.1. The second-order valence-electron chi connectivity index (χ2n) is 6.23. The predicted octanol–water partition coefficient (Wildman–Crippen LogP) is 2.57. The molecule has 0 radical (unpaired) electrons. The Hall–Kier alpha value is -1.96. The molecule has 1 aromatic heterocycles. The number of sulfonamides is 1. The van der Waals surface area contributed by atoms with E-state index in [1.807, 2.05) is 0 Å².